The summed E-state index contributed by atoms with van der Waals surface area (Å²) < 4.78 is 19.0. The average molecular weight is 403 g/mol. The number of hydrogen-bond acceptors (Lipinski definition) is 5. The summed E-state index contributed by atoms with van der Waals surface area (Å²) in [5.74, 6) is 0.507. The first-order valence-corrected chi connectivity index (χ1v) is 9.19. The number of carbonyl (C=O) groups excluding carboxylic acids is 1. The van der Waals surface area contributed by atoms with Gasteiger partial charge in [0.1, 0.15) is 23.2 Å². The molecule has 0 aliphatic rings. The van der Waals surface area contributed by atoms with Crippen LogP contribution in [0.1, 0.15) is 22.0 Å². The molecular formula is C22H18FN5O2. The number of ether oxygens (including phenoxy) is 1. The van der Waals surface area contributed by atoms with E-state index in [0.29, 0.717) is 34.9 Å². The minimum atomic E-state index is -0.499. The van der Waals surface area contributed by atoms with Gasteiger partial charge in [-0.05, 0) is 41.5 Å². The first-order valence-electron chi connectivity index (χ1n) is 9.19. The maximum absolute atomic E-state index is 13.7. The van der Waals surface area contributed by atoms with Gasteiger partial charge in [0, 0.05) is 18.2 Å². The maximum atomic E-state index is 13.7. The summed E-state index contributed by atoms with van der Waals surface area (Å²) in [5.41, 5.74) is 2.26. The number of nitrogens with one attached hydrogen (secondary N) is 2. The average Bonchev–Trinajstić information content (AvgIpc) is 3.23. The second kappa shape index (κ2) is 8.52. The molecule has 0 unspecified atom stereocenters. The SMILES string of the molecule is COc1ccc(F)cc1-c1ccnc(NC(=O)c2n[nH]c(Cc3ccccc3)n2)c1. The van der Waals surface area contributed by atoms with E-state index in [9.17, 15) is 9.18 Å². The lowest BCUT2D eigenvalue weighted by molar-refractivity contribution is 0.101. The molecule has 1 amide bonds. The molecule has 0 atom stereocenters. The number of methoxy groups -OCH3 is 1. The number of nitrogens with zero attached hydrogens (tertiary/aromatic N) is 3. The fraction of sp³-hybridized carbons (Fsp3) is 0.0909. The van der Waals surface area contributed by atoms with Crippen LogP contribution in [0, 0.1) is 5.82 Å². The van der Waals surface area contributed by atoms with E-state index in [2.05, 4.69) is 25.5 Å². The van der Waals surface area contributed by atoms with Crippen molar-refractivity contribution in [3.8, 4) is 16.9 Å². The molecule has 4 rings (SSSR count). The van der Waals surface area contributed by atoms with Crippen LogP contribution in [-0.4, -0.2) is 33.2 Å². The van der Waals surface area contributed by atoms with Gasteiger partial charge in [-0.25, -0.2) is 14.4 Å². The molecule has 0 saturated heterocycles. The first-order chi connectivity index (χ1) is 14.6. The number of anilines is 1. The number of carbonyl (C=O) groups is 1. The van der Waals surface area contributed by atoms with Crippen LogP contribution >= 0.6 is 0 Å². The zero-order valence-corrected chi connectivity index (χ0v) is 16.1. The van der Waals surface area contributed by atoms with Crippen molar-refractivity contribution in [2.75, 3.05) is 12.4 Å². The predicted octanol–water partition coefficient (Wildman–Crippen LogP) is 3.86. The topological polar surface area (TPSA) is 92.8 Å². The Bertz CT molecular complexity index is 1180. The number of hydrogen-bond donors (Lipinski definition) is 2. The molecule has 4 aromatic rings. The van der Waals surface area contributed by atoms with Crippen molar-refractivity contribution < 1.29 is 13.9 Å². The molecule has 0 aliphatic carbocycles. The van der Waals surface area contributed by atoms with Gasteiger partial charge in [0.25, 0.3) is 5.91 Å². The number of amides is 1. The molecule has 0 saturated carbocycles. The minimum absolute atomic E-state index is 0.0106. The summed E-state index contributed by atoms with van der Waals surface area (Å²) in [4.78, 5) is 20.9. The van der Waals surface area contributed by atoms with E-state index in [1.54, 1.807) is 18.2 Å². The molecular weight excluding hydrogens is 385 g/mol. The molecule has 0 aliphatic heterocycles. The van der Waals surface area contributed by atoms with Crippen LogP contribution in [-0.2, 0) is 6.42 Å². The predicted molar refractivity (Wildman–Crippen MR) is 110 cm³/mol. The number of rotatable bonds is 6. The molecule has 7 nitrogen and oxygen atoms in total. The largest absolute Gasteiger partial charge is 0.496 e. The van der Waals surface area contributed by atoms with Gasteiger partial charge < -0.3 is 10.1 Å². The molecule has 0 bridgehead atoms. The Kier molecular flexibility index (Phi) is 5.47. The molecule has 8 heteroatoms. The maximum Gasteiger partial charge on any atom is 0.296 e. The van der Waals surface area contributed by atoms with E-state index in [0.717, 1.165) is 5.56 Å². The Morgan fingerprint density at radius 3 is 2.77 bits per heavy atom. The monoisotopic (exact) mass is 403 g/mol. The Hall–Kier alpha value is -4.07. The lowest BCUT2D eigenvalue weighted by Crippen LogP contribution is -2.14. The quantitative estimate of drug-likeness (QED) is 0.510. The highest BCUT2D eigenvalue weighted by molar-refractivity contribution is 6.01. The van der Waals surface area contributed by atoms with Gasteiger partial charge in [-0.3, -0.25) is 9.89 Å². The zero-order chi connectivity index (χ0) is 20.9. The summed E-state index contributed by atoms with van der Waals surface area (Å²) in [6.45, 7) is 0. The van der Waals surface area contributed by atoms with Gasteiger partial charge in [-0.15, -0.1) is 5.10 Å². The van der Waals surface area contributed by atoms with Crippen LogP contribution in [0.15, 0.2) is 66.9 Å². The summed E-state index contributed by atoms with van der Waals surface area (Å²) in [7, 11) is 1.51. The fourth-order valence-corrected chi connectivity index (χ4v) is 3.01. The fourth-order valence-electron chi connectivity index (χ4n) is 3.01. The molecule has 2 aromatic heterocycles. The van der Waals surface area contributed by atoms with E-state index in [-0.39, 0.29) is 11.6 Å². The van der Waals surface area contributed by atoms with E-state index >= 15 is 0 Å². The molecule has 0 radical (unpaired) electrons. The summed E-state index contributed by atoms with van der Waals surface area (Å²) >= 11 is 0. The van der Waals surface area contributed by atoms with Gasteiger partial charge in [-0.2, -0.15) is 0 Å². The van der Waals surface area contributed by atoms with E-state index in [1.807, 2.05) is 30.3 Å². The van der Waals surface area contributed by atoms with Crippen LogP contribution in [0.4, 0.5) is 10.2 Å². The van der Waals surface area contributed by atoms with Crippen molar-refractivity contribution in [3.05, 3.63) is 89.9 Å². The zero-order valence-electron chi connectivity index (χ0n) is 16.1. The Morgan fingerprint density at radius 2 is 1.97 bits per heavy atom. The Morgan fingerprint density at radius 1 is 1.13 bits per heavy atom. The third-order valence-electron chi connectivity index (χ3n) is 4.42. The van der Waals surface area contributed by atoms with E-state index < -0.39 is 5.91 Å². The van der Waals surface area contributed by atoms with Gasteiger partial charge >= 0.3 is 0 Å². The first kappa shape index (κ1) is 19.3. The van der Waals surface area contributed by atoms with E-state index in [4.69, 9.17) is 4.74 Å². The molecule has 2 aromatic carbocycles. The van der Waals surface area contributed by atoms with Crippen LogP contribution in [0.3, 0.4) is 0 Å². The summed E-state index contributed by atoms with van der Waals surface area (Å²) in [6.07, 6.45) is 2.06. The number of aromatic amines is 1. The number of pyridine rings is 1. The van der Waals surface area contributed by atoms with Crippen molar-refractivity contribution >= 4 is 11.7 Å². The third kappa shape index (κ3) is 4.33. The minimum Gasteiger partial charge on any atom is -0.496 e. The highest BCUT2D eigenvalue weighted by Gasteiger charge is 2.15. The van der Waals surface area contributed by atoms with Crippen LogP contribution in [0.2, 0.25) is 0 Å². The molecule has 2 N–H and O–H groups in total. The van der Waals surface area contributed by atoms with Crippen molar-refractivity contribution in [1.82, 2.24) is 20.2 Å². The standard InChI is InChI=1S/C22H18FN5O2/c1-30-18-8-7-16(23)13-17(18)15-9-10-24-19(12-15)26-22(29)21-25-20(27-28-21)11-14-5-3-2-4-6-14/h2-10,12-13H,11H2,1H3,(H,24,26,29)(H,25,27,28). The Balaban J connectivity index is 1.51. The third-order valence-corrected chi connectivity index (χ3v) is 4.42. The summed E-state index contributed by atoms with van der Waals surface area (Å²) in [6, 6.07) is 17.3. The van der Waals surface area contributed by atoms with Crippen molar-refractivity contribution in [2.45, 2.75) is 6.42 Å². The normalized spacial score (nSPS) is 10.6. The lowest BCUT2D eigenvalue weighted by atomic mass is 10.1. The van der Waals surface area contributed by atoms with Crippen molar-refractivity contribution in [2.24, 2.45) is 0 Å². The van der Waals surface area contributed by atoms with Crippen LogP contribution in [0.5, 0.6) is 5.75 Å². The van der Waals surface area contributed by atoms with Gasteiger partial charge in [0.15, 0.2) is 0 Å². The molecule has 0 spiro atoms. The molecule has 30 heavy (non-hydrogen) atoms. The van der Waals surface area contributed by atoms with Crippen molar-refractivity contribution in [3.63, 3.8) is 0 Å². The lowest BCUT2D eigenvalue weighted by Gasteiger charge is -2.10. The Labute approximate surface area is 172 Å². The smallest absolute Gasteiger partial charge is 0.296 e. The highest BCUT2D eigenvalue weighted by Crippen LogP contribution is 2.31. The molecule has 0 fully saturated rings. The molecule has 2 heterocycles. The van der Waals surface area contributed by atoms with E-state index in [1.165, 1.54) is 25.4 Å². The summed E-state index contributed by atoms with van der Waals surface area (Å²) in [5, 5.41) is 9.43. The molecule has 150 valence electrons. The van der Waals surface area contributed by atoms with Crippen molar-refractivity contribution in [1.29, 1.82) is 0 Å². The number of benzene rings is 2. The van der Waals surface area contributed by atoms with Gasteiger partial charge in [-0.1, -0.05) is 30.3 Å². The van der Waals surface area contributed by atoms with Crippen LogP contribution in [0.25, 0.3) is 11.1 Å². The second-order valence-corrected chi connectivity index (χ2v) is 6.50. The number of H-pyrrole nitrogens is 1. The highest BCUT2D eigenvalue weighted by atomic mass is 19.1. The van der Waals surface area contributed by atoms with Gasteiger partial charge in [0.2, 0.25) is 5.82 Å². The number of halogens is 1. The van der Waals surface area contributed by atoms with Crippen LogP contribution < -0.4 is 10.1 Å². The van der Waals surface area contributed by atoms with Gasteiger partial charge in [0.05, 0.1) is 7.11 Å². The second-order valence-electron chi connectivity index (χ2n) is 6.50. The number of aromatic nitrogens is 4.